The summed E-state index contributed by atoms with van der Waals surface area (Å²) in [5, 5.41) is 3.47. The molecule has 2 rings (SSSR count). The molecule has 1 unspecified atom stereocenters. The zero-order valence-corrected chi connectivity index (χ0v) is 11.8. The number of nitrogens with one attached hydrogen (secondary N) is 1. The first-order valence-electron chi connectivity index (χ1n) is 7.05. The predicted octanol–water partition coefficient (Wildman–Crippen LogP) is 3.51. The lowest BCUT2D eigenvalue weighted by Gasteiger charge is -2.43. The second-order valence-electron chi connectivity index (χ2n) is 5.46. The number of ether oxygens (including phenoxy) is 1. The topological polar surface area (TPSA) is 21.3 Å². The Hall–Kier alpha value is -1.02. The molecule has 1 aromatic carbocycles. The molecule has 2 heteroatoms. The summed E-state index contributed by atoms with van der Waals surface area (Å²) in [5.41, 5.74) is 1.77. The highest BCUT2D eigenvalue weighted by atomic mass is 16.5. The number of benzene rings is 1. The maximum absolute atomic E-state index is 5.26. The minimum absolute atomic E-state index is 0.305. The molecule has 1 aliphatic rings. The standard InChI is InChI=1S/C16H25NO/c1-13(17-2)16(11-5-4-6-12-16)14-7-9-15(18-3)10-8-14/h7-10,13,17H,4-6,11-12H2,1-3H3. The minimum Gasteiger partial charge on any atom is -0.497 e. The second-order valence-corrected chi connectivity index (χ2v) is 5.46. The Kier molecular flexibility index (Phi) is 4.28. The van der Waals surface area contributed by atoms with Gasteiger partial charge in [-0.1, -0.05) is 31.4 Å². The summed E-state index contributed by atoms with van der Waals surface area (Å²) in [6.07, 6.45) is 6.66. The fraction of sp³-hybridized carbons (Fsp3) is 0.625. The molecule has 2 nitrogen and oxygen atoms in total. The molecule has 1 N–H and O–H groups in total. The molecule has 1 aromatic rings. The van der Waals surface area contributed by atoms with Crippen molar-refractivity contribution >= 4 is 0 Å². The van der Waals surface area contributed by atoms with E-state index in [9.17, 15) is 0 Å². The van der Waals surface area contributed by atoms with Crippen LogP contribution in [0.5, 0.6) is 5.75 Å². The van der Waals surface area contributed by atoms with Gasteiger partial charge in [-0.05, 0) is 44.5 Å². The van der Waals surface area contributed by atoms with Gasteiger partial charge in [-0.3, -0.25) is 0 Å². The summed E-state index contributed by atoms with van der Waals surface area (Å²) in [5.74, 6) is 0.946. The highest BCUT2D eigenvalue weighted by Gasteiger charge is 2.38. The Morgan fingerprint density at radius 2 is 1.72 bits per heavy atom. The number of hydrogen-bond acceptors (Lipinski definition) is 2. The number of rotatable bonds is 4. The molecule has 100 valence electrons. The van der Waals surface area contributed by atoms with Crippen molar-refractivity contribution < 1.29 is 4.74 Å². The molecule has 1 atom stereocenters. The van der Waals surface area contributed by atoms with Crippen molar-refractivity contribution in [1.82, 2.24) is 5.32 Å². The molecule has 1 aliphatic carbocycles. The zero-order valence-electron chi connectivity index (χ0n) is 11.8. The first-order valence-corrected chi connectivity index (χ1v) is 7.05. The van der Waals surface area contributed by atoms with Crippen LogP contribution in [0.25, 0.3) is 0 Å². The molecule has 0 heterocycles. The van der Waals surface area contributed by atoms with Gasteiger partial charge in [0.15, 0.2) is 0 Å². The average Bonchev–Trinajstić information content (AvgIpc) is 2.47. The number of likely N-dealkylation sites (N-methyl/N-ethyl adjacent to an activating group) is 1. The van der Waals surface area contributed by atoms with Gasteiger partial charge in [0, 0.05) is 11.5 Å². The monoisotopic (exact) mass is 247 g/mol. The Morgan fingerprint density at radius 3 is 2.22 bits per heavy atom. The fourth-order valence-corrected chi connectivity index (χ4v) is 3.35. The van der Waals surface area contributed by atoms with Crippen LogP contribution in [0.15, 0.2) is 24.3 Å². The molecule has 0 aliphatic heterocycles. The van der Waals surface area contributed by atoms with Gasteiger partial charge in [0.25, 0.3) is 0 Å². The lowest BCUT2D eigenvalue weighted by atomic mass is 9.65. The number of methoxy groups -OCH3 is 1. The van der Waals surface area contributed by atoms with E-state index in [1.54, 1.807) is 7.11 Å². The third-order valence-corrected chi connectivity index (χ3v) is 4.67. The summed E-state index contributed by atoms with van der Waals surface area (Å²) in [6.45, 7) is 2.32. The second kappa shape index (κ2) is 5.75. The Labute approximate surface area is 111 Å². The van der Waals surface area contributed by atoms with Crippen molar-refractivity contribution in [2.24, 2.45) is 0 Å². The molecular formula is C16H25NO. The van der Waals surface area contributed by atoms with Crippen molar-refractivity contribution in [3.05, 3.63) is 29.8 Å². The van der Waals surface area contributed by atoms with Gasteiger partial charge in [-0.25, -0.2) is 0 Å². The van der Waals surface area contributed by atoms with E-state index >= 15 is 0 Å². The minimum atomic E-state index is 0.305. The van der Waals surface area contributed by atoms with Gasteiger partial charge in [-0.2, -0.15) is 0 Å². The molecule has 0 saturated heterocycles. The van der Waals surface area contributed by atoms with E-state index < -0.39 is 0 Å². The van der Waals surface area contributed by atoms with Gasteiger partial charge in [-0.15, -0.1) is 0 Å². The molecular weight excluding hydrogens is 222 g/mol. The SMILES string of the molecule is CNC(C)C1(c2ccc(OC)cc2)CCCCC1. The van der Waals surface area contributed by atoms with Crippen LogP contribution in [0.4, 0.5) is 0 Å². The quantitative estimate of drug-likeness (QED) is 0.879. The smallest absolute Gasteiger partial charge is 0.118 e. The van der Waals surface area contributed by atoms with Crippen molar-refractivity contribution in [2.45, 2.75) is 50.5 Å². The van der Waals surface area contributed by atoms with E-state index in [-0.39, 0.29) is 0 Å². The average molecular weight is 247 g/mol. The zero-order chi connectivity index (χ0) is 13.0. The van der Waals surface area contributed by atoms with Crippen LogP contribution in [0, 0.1) is 0 Å². The van der Waals surface area contributed by atoms with Crippen molar-refractivity contribution in [3.8, 4) is 5.75 Å². The van der Waals surface area contributed by atoms with Crippen LogP contribution in [0.3, 0.4) is 0 Å². The fourth-order valence-electron chi connectivity index (χ4n) is 3.35. The van der Waals surface area contributed by atoms with Crippen LogP contribution in [-0.2, 0) is 5.41 Å². The lowest BCUT2D eigenvalue weighted by molar-refractivity contribution is 0.231. The lowest BCUT2D eigenvalue weighted by Crippen LogP contribution is -2.46. The van der Waals surface area contributed by atoms with E-state index in [0.29, 0.717) is 11.5 Å². The maximum atomic E-state index is 5.26. The van der Waals surface area contributed by atoms with Crippen LogP contribution in [0.2, 0.25) is 0 Å². The molecule has 0 amide bonds. The summed E-state index contributed by atoms with van der Waals surface area (Å²) >= 11 is 0. The van der Waals surface area contributed by atoms with E-state index in [2.05, 4.69) is 43.6 Å². The summed E-state index contributed by atoms with van der Waals surface area (Å²) in [4.78, 5) is 0. The third-order valence-electron chi connectivity index (χ3n) is 4.67. The van der Waals surface area contributed by atoms with E-state index in [4.69, 9.17) is 4.74 Å². The van der Waals surface area contributed by atoms with Crippen LogP contribution in [-0.4, -0.2) is 20.2 Å². The summed E-state index contributed by atoms with van der Waals surface area (Å²) < 4.78 is 5.26. The van der Waals surface area contributed by atoms with Crippen molar-refractivity contribution in [3.63, 3.8) is 0 Å². The molecule has 0 bridgehead atoms. The molecule has 1 saturated carbocycles. The first-order chi connectivity index (χ1) is 8.73. The Morgan fingerprint density at radius 1 is 1.11 bits per heavy atom. The highest BCUT2D eigenvalue weighted by molar-refractivity contribution is 5.34. The van der Waals surface area contributed by atoms with Gasteiger partial charge >= 0.3 is 0 Å². The Bertz CT molecular complexity index is 365. The summed E-state index contributed by atoms with van der Waals surface area (Å²) in [7, 11) is 3.80. The third kappa shape index (κ3) is 2.39. The highest BCUT2D eigenvalue weighted by Crippen LogP contribution is 2.42. The van der Waals surface area contributed by atoms with Crippen LogP contribution >= 0.6 is 0 Å². The van der Waals surface area contributed by atoms with Gasteiger partial charge in [0.05, 0.1) is 7.11 Å². The largest absolute Gasteiger partial charge is 0.497 e. The van der Waals surface area contributed by atoms with Gasteiger partial charge in [0.2, 0.25) is 0 Å². The molecule has 0 aromatic heterocycles. The molecule has 18 heavy (non-hydrogen) atoms. The van der Waals surface area contributed by atoms with Gasteiger partial charge < -0.3 is 10.1 Å². The molecule has 0 radical (unpaired) electrons. The molecule has 0 spiro atoms. The van der Waals surface area contributed by atoms with E-state index in [0.717, 1.165) is 5.75 Å². The molecule has 1 fully saturated rings. The van der Waals surface area contributed by atoms with Crippen molar-refractivity contribution in [1.29, 1.82) is 0 Å². The predicted molar refractivity (Wildman–Crippen MR) is 76.3 cm³/mol. The summed E-state index contributed by atoms with van der Waals surface area (Å²) in [6, 6.07) is 9.20. The van der Waals surface area contributed by atoms with Gasteiger partial charge in [0.1, 0.15) is 5.75 Å². The Balaban J connectivity index is 2.32. The maximum Gasteiger partial charge on any atom is 0.118 e. The van der Waals surface area contributed by atoms with E-state index in [1.807, 2.05) is 0 Å². The van der Waals surface area contributed by atoms with Crippen LogP contribution < -0.4 is 10.1 Å². The van der Waals surface area contributed by atoms with Crippen molar-refractivity contribution in [2.75, 3.05) is 14.2 Å². The normalized spacial score (nSPS) is 20.4. The van der Waals surface area contributed by atoms with Crippen LogP contribution in [0.1, 0.15) is 44.6 Å². The first kappa shape index (κ1) is 13.4. The number of hydrogen-bond donors (Lipinski definition) is 1. The van der Waals surface area contributed by atoms with E-state index in [1.165, 1.54) is 37.7 Å².